The molecule has 2 spiro atoms. The van der Waals surface area contributed by atoms with Crippen molar-refractivity contribution >= 4 is 23.7 Å². The first-order valence-electron chi connectivity index (χ1n) is 19.4. The maximum Gasteiger partial charge on any atom is 0.343 e. The van der Waals surface area contributed by atoms with E-state index >= 15 is 0 Å². The Kier molecular flexibility index (Phi) is 8.71. The van der Waals surface area contributed by atoms with Crippen molar-refractivity contribution in [2.45, 2.75) is 24.2 Å². The van der Waals surface area contributed by atoms with Gasteiger partial charge in [0, 0.05) is 34.2 Å². The smallest absolute Gasteiger partial charge is 0.343 e. The largest absolute Gasteiger partial charge is 0.492 e. The molecule has 11 nitrogen and oxygen atoms in total. The van der Waals surface area contributed by atoms with Gasteiger partial charge in [0.05, 0.1) is 34.6 Å². The summed E-state index contributed by atoms with van der Waals surface area (Å²) in [7, 11) is 1.27. The zero-order valence-electron chi connectivity index (χ0n) is 32.6. The predicted molar refractivity (Wildman–Crippen MR) is 216 cm³/mol. The quantitative estimate of drug-likeness (QED) is 0.0849. The molecule has 0 saturated heterocycles. The molecule has 0 N–H and O–H groups in total. The van der Waals surface area contributed by atoms with Crippen molar-refractivity contribution < 1.29 is 52.3 Å². The lowest BCUT2D eigenvalue weighted by molar-refractivity contribution is 0.0600. The van der Waals surface area contributed by atoms with Gasteiger partial charge in [0.1, 0.15) is 60.9 Å². The molecular formula is C49H36O11. The molecule has 2 atom stereocenters. The number of rotatable bonds is 8. The molecular weight excluding hydrogens is 765 g/mol. The number of fused-ring (bicyclic) bond motifs is 8. The fourth-order valence-corrected chi connectivity index (χ4v) is 8.58. The van der Waals surface area contributed by atoms with E-state index in [1.54, 1.807) is 78.9 Å². The topological polar surface area (TPSA) is 133 Å². The van der Waals surface area contributed by atoms with E-state index in [4.69, 9.17) is 33.2 Å². The monoisotopic (exact) mass is 800 g/mol. The van der Waals surface area contributed by atoms with Gasteiger partial charge in [0.2, 0.25) is 0 Å². The molecule has 0 bridgehead atoms. The summed E-state index contributed by atoms with van der Waals surface area (Å²) in [6.45, 7) is 3.53. The predicted octanol–water partition coefficient (Wildman–Crippen LogP) is 7.79. The van der Waals surface area contributed by atoms with Crippen molar-refractivity contribution in [1.82, 2.24) is 0 Å². The molecule has 0 amide bonds. The van der Waals surface area contributed by atoms with Crippen LogP contribution in [0.15, 0.2) is 121 Å². The van der Waals surface area contributed by atoms with Crippen molar-refractivity contribution in [3.05, 3.63) is 177 Å². The first kappa shape index (κ1) is 36.9. The molecule has 6 aromatic rings. The summed E-state index contributed by atoms with van der Waals surface area (Å²) in [4.78, 5) is 52.0. The van der Waals surface area contributed by atoms with Gasteiger partial charge < -0.3 is 33.2 Å². The van der Waals surface area contributed by atoms with E-state index < -0.39 is 28.7 Å². The van der Waals surface area contributed by atoms with E-state index in [0.29, 0.717) is 36.0 Å². The Hall–Kier alpha value is -7.40. The SMILES string of the molecule is COC(=O)c1cccc(C(=O)Oc2ccc3c(c2)C2(COc4ccc(OC(=O)c5ccc(C(=O)Cc6ccc7c(c6)C6(COc8ccc(C)cc86)CO7)cc5)cc42)CO3)c1. The molecule has 60 heavy (non-hydrogen) atoms. The first-order chi connectivity index (χ1) is 29.1. The van der Waals surface area contributed by atoms with E-state index in [1.165, 1.54) is 13.2 Å². The third-order valence-corrected chi connectivity index (χ3v) is 11.8. The highest BCUT2D eigenvalue weighted by Crippen LogP contribution is 2.53. The van der Waals surface area contributed by atoms with Gasteiger partial charge in [0.25, 0.3) is 0 Å². The van der Waals surface area contributed by atoms with Crippen LogP contribution in [0.3, 0.4) is 0 Å². The molecule has 2 unspecified atom stereocenters. The number of aryl methyl sites for hydroxylation is 1. The van der Waals surface area contributed by atoms with Crippen molar-refractivity contribution in [2.75, 3.05) is 33.5 Å². The second-order valence-electron chi connectivity index (χ2n) is 15.5. The maximum absolute atomic E-state index is 13.5. The molecule has 298 valence electrons. The lowest BCUT2D eigenvalue weighted by Gasteiger charge is -2.21. The van der Waals surface area contributed by atoms with Crippen LogP contribution < -0.4 is 28.4 Å². The van der Waals surface area contributed by atoms with Crippen LogP contribution >= 0.6 is 0 Å². The lowest BCUT2D eigenvalue weighted by atomic mass is 9.77. The number of benzene rings is 6. The van der Waals surface area contributed by atoms with E-state index in [-0.39, 0.29) is 47.9 Å². The maximum atomic E-state index is 13.5. The highest BCUT2D eigenvalue weighted by molar-refractivity contribution is 5.99. The zero-order chi connectivity index (χ0) is 41.2. The molecule has 0 fully saturated rings. The fourth-order valence-electron chi connectivity index (χ4n) is 8.58. The Morgan fingerprint density at radius 1 is 0.500 bits per heavy atom. The summed E-state index contributed by atoms with van der Waals surface area (Å²) in [6.07, 6.45) is 0.176. The molecule has 0 aliphatic carbocycles. The summed E-state index contributed by atoms with van der Waals surface area (Å²) < 4.78 is 40.7. The van der Waals surface area contributed by atoms with Crippen LogP contribution in [0.5, 0.6) is 34.5 Å². The Labute approximate surface area is 344 Å². The highest BCUT2D eigenvalue weighted by atomic mass is 16.5. The third-order valence-electron chi connectivity index (χ3n) is 11.8. The molecule has 0 radical (unpaired) electrons. The Morgan fingerprint density at radius 3 is 1.53 bits per heavy atom. The fraction of sp³-hybridized carbons (Fsp3) is 0.184. The number of carbonyl (C=O) groups is 4. The van der Waals surface area contributed by atoms with Gasteiger partial charge >= 0.3 is 17.9 Å². The molecule has 4 heterocycles. The normalized spacial score (nSPS) is 18.6. The summed E-state index contributed by atoms with van der Waals surface area (Å²) in [5.74, 6) is 1.57. The van der Waals surface area contributed by atoms with Crippen LogP contribution in [0, 0.1) is 6.92 Å². The van der Waals surface area contributed by atoms with Gasteiger partial charge in [-0.2, -0.15) is 0 Å². The minimum Gasteiger partial charge on any atom is -0.492 e. The van der Waals surface area contributed by atoms with Crippen LogP contribution in [-0.2, 0) is 22.0 Å². The molecule has 4 aliphatic rings. The highest BCUT2D eigenvalue weighted by Gasteiger charge is 2.50. The van der Waals surface area contributed by atoms with Crippen LogP contribution in [0.2, 0.25) is 0 Å². The molecule has 6 aromatic carbocycles. The van der Waals surface area contributed by atoms with Crippen LogP contribution in [0.4, 0.5) is 0 Å². The van der Waals surface area contributed by atoms with Crippen LogP contribution in [0.1, 0.15) is 74.8 Å². The van der Waals surface area contributed by atoms with Crippen molar-refractivity contribution in [2.24, 2.45) is 0 Å². The molecule has 4 aliphatic heterocycles. The minimum atomic E-state index is -0.761. The van der Waals surface area contributed by atoms with E-state index in [2.05, 4.69) is 19.1 Å². The van der Waals surface area contributed by atoms with Crippen LogP contribution in [-0.4, -0.2) is 57.2 Å². The minimum absolute atomic E-state index is 0.0876. The number of hydrogen-bond donors (Lipinski definition) is 0. The summed E-state index contributed by atoms with van der Waals surface area (Å²) in [5, 5.41) is 0. The van der Waals surface area contributed by atoms with Crippen molar-refractivity contribution in [1.29, 1.82) is 0 Å². The number of ketones is 1. The van der Waals surface area contributed by atoms with Gasteiger partial charge in [-0.15, -0.1) is 0 Å². The Morgan fingerprint density at radius 2 is 0.967 bits per heavy atom. The lowest BCUT2D eigenvalue weighted by Crippen LogP contribution is -2.31. The Bertz CT molecular complexity index is 2780. The number of hydrogen-bond acceptors (Lipinski definition) is 11. The standard InChI is InChI=1S/C49H36O11/c1-28-6-14-41-36(18-28)48(24-55-41)25-56-42-15-7-29(19-37(42)48)20-40(50)30-8-10-31(11-9-30)46(52)59-34-12-16-43-38(22-34)49(26-57-43)27-58-44-17-13-35(23-39(44)49)60-47(53)33-5-3-4-32(21-33)45(51)54-2/h3-19,21-23H,20,24-27H2,1-2H3. The van der Waals surface area contributed by atoms with Gasteiger partial charge in [-0.05, 0) is 91.3 Å². The molecule has 10 rings (SSSR count). The first-order valence-corrected chi connectivity index (χ1v) is 19.4. The number of esters is 3. The number of Topliss-reactive ketones (excluding diaryl/α,β-unsaturated/α-hetero) is 1. The summed E-state index contributed by atoms with van der Waals surface area (Å²) in [5.41, 5.74) is 5.64. The van der Waals surface area contributed by atoms with Gasteiger partial charge in [0.15, 0.2) is 5.78 Å². The number of ether oxygens (including phenoxy) is 7. The van der Waals surface area contributed by atoms with Gasteiger partial charge in [-0.25, -0.2) is 14.4 Å². The molecule has 0 aromatic heterocycles. The van der Waals surface area contributed by atoms with Gasteiger partial charge in [-0.3, -0.25) is 4.79 Å². The summed E-state index contributed by atoms with van der Waals surface area (Å²) in [6, 6.07) is 34.9. The average molecular weight is 801 g/mol. The van der Waals surface area contributed by atoms with Crippen LogP contribution in [0.25, 0.3) is 0 Å². The second-order valence-corrected chi connectivity index (χ2v) is 15.5. The summed E-state index contributed by atoms with van der Waals surface area (Å²) >= 11 is 0. The van der Waals surface area contributed by atoms with E-state index in [0.717, 1.165) is 44.9 Å². The zero-order valence-corrected chi connectivity index (χ0v) is 32.6. The second kappa shape index (κ2) is 14.2. The molecule has 11 heteroatoms. The Balaban J connectivity index is 0.826. The molecule has 0 saturated carbocycles. The average Bonchev–Trinajstić information content (AvgIpc) is 4.04. The van der Waals surface area contributed by atoms with E-state index in [1.807, 2.05) is 24.3 Å². The van der Waals surface area contributed by atoms with Crippen molar-refractivity contribution in [3.63, 3.8) is 0 Å². The number of methoxy groups -OCH3 is 1. The van der Waals surface area contributed by atoms with Crippen molar-refractivity contribution in [3.8, 4) is 34.5 Å². The van der Waals surface area contributed by atoms with Gasteiger partial charge in [-0.1, -0.05) is 48.0 Å². The van der Waals surface area contributed by atoms with E-state index in [9.17, 15) is 19.2 Å². The third kappa shape index (κ3) is 6.12. The number of carbonyl (C=O) groups excluding carboxylic acids is 4.